The Hall–Kier alpha value is -0.740. The molecular weight excluding hydrogens is 251 g/mol. The molecule has 1 aliphatic carbocycles. The van der Waals surface area contributed by atoms with Crippen molar-refractivity contribution in [2.24, 2.45) is 5.73 Å². The second kappa shape index (κ2) is 4.50. The Balaban J connectivity index is 2.57. The van der Waals surface area contributed by atoms with Crippen molar-refractivity contribution in [3.8, 4) is 0 Å². The molecule has 0 saturated heterocycles. The van der Waals surface area contributed by atoms with Gasteiger partial charge in [-0.05, 0) is 18.9 Å². The van der Waals surface area contributed by atoms with Gasteiger partial charge in [-0.3, -0.25) is 0 Å². The van der Waals surface area contributed by atoms with Crippen LogP contribution in [0.5, 0.6) is 0 Å². The van der Waals surface area contributed by atoms with E-state index < -0.39 is 33.6 Å². The van der Waals surface area contributed by atoms with E-state index in [4.69, 9.17) is 17.3 Å². The molecule has 0 radical (unpaired) electrons. The SMILES string of the molecule is NC1(c2c(F)c(F)cc(Cl)c2F)CCCCC1. The quantitative estimate of drug-likeness (QED) is 0.765. The van der Waals surface area contributed by atoms with E-state index in [1.165, 1.54) is 0 Å². The van der Waals surface area contributed by atoms with E-state index in [0.29, 0.717) is 18.9 Å². The highest BCUT2D eigenvalue weighted by atomic mass is 35.5. The summed E-state index contributed by atoms with van der Waals surface area (Å²) in [6.45, 7) is 0. The first-order valence-electron chi connectivity index (χ1n) is 5.58. The molecule has 0 amide bonds. The van der Waals surface area contributed by atoms with Crippen LogP contribution in [0.2, 0.25) is 5.02 Å². The minimum atomic E-state index is -1.21. The Morgan fingerprint density at radius 2 is 1.65 bits per heavy atom. The van der Waals surface area contributed by atoms with E-state index in [1.54, 1.807) is 0 Å². The maximum atomic E-state index is 13.9. The predicted molar refractivity (Wildman–Crippen MR) is 60.3 cm³/mol. The predicted octanol–water partition coefficient (Wildman–Crippen LogP) is 3.88. The summed E-state index contributed by atoms with van der Waals surface area (Å²) in [5.74, 6) is -3.30. The normalized spacial score (nSPS) is 19.4. The summed E-state index contributed by atoms with van der Waals surface area (Å²) in [5.41, 5.74) is 4.47. The minimum Gasteiger partial charge on any atom is -0.321 e. The topological polar surface area (TPSA) is 26.0 Å². The second-order valence-corrected chi connectivity index (χ2v) is 4.97. The summed E-state index contributed by atoms with van der Waals surface area (Å²) in [4.78, 5) is 0. The van der Waals surface area contributed by atoms with Crippen molar-refractivity contribution in [1.29, 1.82) is 0 Å². The second-order valence-electron chi connectivity index (χ2n) is 4.56. The van der Waals surface area contributed by atoms with Gasteiger partial charge in [0, 0.05) is 11.1 Å². The van der Waals surface area contributed by atoms with Crippen LogP contribution in [0, 0.1) is 17.5 Å². The van der Waals surface area contributed by atoms with Gasteiger partial charge in [-0.2, -0.15) is 0 Å². The van der Waals surface area contributed by atoms with E-state index in [-0.39, 0.29) is 0 Å². The summed E-state index contributed by atoms with van der Waals surface area (Å²) < 4.78 is 40.8. The molecule has 0 spiro atoms. The third-order valence-corrected chi connectivity index (χ3v) is 3.63. The zero-order valence-electron chi connectivity index (χ0n) is 9.20. The van der Waals surface area contributed by atoms with Crippen molar-refractivity contribution in [2.45, 2.75) is 37.6 Å². The molecule has 1 aliphatic rings. The highest BCUT2D eigenvalue weighted by Crippen LogP contribution is 2.39. The number of hydrogen-bond acceptors (Lipinski definition) is 1. The van der Waals surface area contributed by atoms with Gasteiger partial charge in [0.2, 0.25) is 0 Å². The zero-order valence-corrected chi connectivity index (χ0v) is 9.96. The third-order valence-electron chi connectivity index (χ3n) is 3.36. The van der Waals surface area contributed by atoms with Crippen molar-refractivity contribution in [3.63, 3.8) is 0 Å². The first-order valence-corrected chi connectivity index (χ1v) is 5.96. The molecule has 1 nitrogen and oxygen atoms in total. The van der Waals surface area contributed by atoms with Crippen molar-refractivity contribution in [1.82, 2.24) is 0 Å². The fourth-order valence-electron chi connectivity index (χ4n) is 2.44. The van der Waals surface area contributed by atoms with E-state index >= 15 is 0 Å². The number of rotatable bonds is 1. The zero-order chi connectivity index (χ0) is 12.6. The average Bonchev–Trinajstić information content (AvgIpc) is 2.27. The summed E-state index contributed by atoms with van der Waals surface area (Å²) in [5, 5.41) is -0.422. The van der Waals surface area contributed by atoms with Crippen molar-refractivity contribution in [3.05, 3.63) is 34.1 Å². The van der Waals surface area contributed by atoms with Crippen LogP contribution in [0.3, 0.4) is 0 Å². The molecule has 2 rings (SSSR count). The van der Waals surface area contributed by atoms with Crippen molar-refractivity contribution >= 4 is 11.6 Å². The number of hydrogen-bond donors (Lipinski definition) is 1. The number of nitrogens with two attached hydrogens (primary N) is 1. The highest BCUT2D eigenvalue weighted by Gasteiger charge is 2.36. The molecule has 0 bridgehead atoms. The van der Waals surface area contributed by atoms with Gasteiger partial charge < -0.3 is 5.73 Å². The molecule has 5 heteroatoms. The Morgan fingerprint density at radius 1 is 1.06 bits per heavy atom. The molecule has 1 aromatic carbocycles. The molecule has 0 heterocycles. The largest absolute Gasteiger partial charge is 0.321 e. The molecule has 0 aliphatic heterocycles. The summed E-state index contributed by atoms with van der Waals surface area (Å²) >= 11 is 5.54. The fourth-order valence-corrected chi connectivity index (χ4v) is 2.63. The van der Waals surface area contributed by atoms with Crippen LogP contribution in [0.25, 0.3) is 0 Å². The van der Waals surface area contributed by atoms with Gasteiger partial charge in [-0.25, -0.2) is 13.2 Å². The van der Waals surface area contributed by atoms with Gasteiger partial charge >= 0.3 is 0 Å². The van der Waals surface area contributed by atoms with Gasteiger partial charge in [-0.1, -0.05) is 30.9 Å². The van der Waals surface area contributed by atoms with Crippen molar-refractivity contribution < 1.29 is 13.2 Å². The van der Waals surface area contributed by atoms with Crippen LogP contribution >= 0.6 is 11.6 Å². The third kappa shape index (κ3) is 2.16. The molecular formula is C12H13ClF3N. The lowest BCUT2D eigenvalue weighted by Crippen LogP contribution is -2.40. The highest BCUT2D eigenvalue weighted by molar-refractivity contribution is 6.30. The summed E-state index contributed by atoms with van der Waals surface area (Å²) in [7, 11) is 0. The first kappa shape index (κ1) is 12.7. The van der Waals surface area contributed by atoms with Crippen molar-refractivity contribution in [2.75, 3.05) is 0 Å². The van der Waals surface area contributed by atoms with Crippen LogP contribution in [0.1, 0.15) is 37.7 Å². The monoisotopic (exact) mass is 263 g/mol. The fraction of sp³-hybridized carbons (Fsp3) is 0.500. The minimum absolute atomic E-state index is 0.401. The van der Waals surface area contributed by atoms with Gasteiger partial charge in [0.25, 0.3) is 0 Å². The average molecular weight is 264 g/mol. The Bertz CT molecular complexity index is 416. The smallest absolute Gasteiger partial charge is 0.166 e. The molecule has 0 aromatic heterocycles. The van der Waals surface area contributed by atoms with Crippen LogP contribution < -0.4 is 5.73 Å². The van der Waals surface area contributed by atoms with Crippen LogP contribution in [-0.4, -0.2) is 0 Å². The molecule has 17 heavy (non-hydrogen) atoms. The molecule has 94 valence electrons. The van der Waals surface area contributed by atoms with Gasteiger partial charge in [0.1, 0.15) is 5.82 Å². The lowest BCUT2D eigenvalue weighted by atomic mass is 9.77. The number of benzene rings is 1. The molecule has 2 N–H and O–H groups in total. The van der Waals surface area contributed by atoms with Gasteiger partial charge in [-0.15, -0.1) is 0 Å². The molecule has 1 aromatic rings. The summed E-state index contributed by atoms with van der Waals surface area (Å²) in [6.07, 6.45) is 3.43. The number of halogens is 4. The van der Waals surface area contributed by atoms with E-state index in [2.05, 4.69) is 0 Å². The Labute approximate surface area is 103 Å². The standard InChI is InChI=1S/C12H13ClF3N/c13-7-6-8(14)11(16)9(10(7)15)12(17)4-2-1-3-5-12/h6H,1-5,17H2. The van der Waals surface area contributed by atoms with Gasteiger partial charge in [0.05, 0.1) is 5.02 Å². The maximum absolute atomic E-state index is 13.9. The van der Waals surface area contributed by atoms with E-state index in [0.717, 1.165) is 19.3 Å². The maximum Gasteiger partial charge on any atom is 0.166 e. The lowest BCUT2D eigenvalue weighted by molar-refractivity contribution is 0.278. The van der Waals surface area contributed by atoms with Gasteiger partial charge in [0.15, 0.2) is 11.6 Å². The van der Waals surface area contributed by atoms with Crippen LogP contribution in [-0.2, 0) is 5.54 Å². The van der Waals surface area contributed by atoms with E-state index in [9.17, 15) is 13.2 Å². The first-order chi connectivity index (χ1) is 7.96. The molecule has 0 unspecified atom stereocenters. The Morgan fingerprint density at radius 3 is 2.24 bits per heavy atom. The summed E-state index contributed by atoms with van der Waals surface area (Å²) in [6, 6.07) is 0.641. The van der Waals surface area contributed by atoms with Crippen LogP contribution in [0.15, 0.2) is 6.07 Å². The Kier molecular flexibility index (Phi) is 3.36. The molecule has 1 saturated carbocycles. The van der Waals surface area contributed by atoms with E-state index in [1.807, 2.05) is 0 Å². The molecule has 0 atom stereocenters. The van der Waals surface area contributed by atoms with Crippen LogP contribution in [0.4, 0.5) is 13.2 Å². The molecule has 1 fully saturated rings. The lowest BCUT2D eigenvalue weighted by Gasteiger charge is -2.34.